The van der Waals surface area contributed by atoms with Crippen LogP contribution in [-0.4, -0.2) is 6.10 Å². The molecule has 0 spiro atoms. The molecule has 1 rings (SSSR count). The van der Waals surface area contributed by atoms with Crippen LogP contribution in [0.3, 0.4) is 0 Å². The lowest BCUT2D eigenvalue weighted by Crippen LogP contribution is -2.01. The molecule has 0 saturated heterocycles. The van der Waals surface area contributed by atoms with Crippen molar-refractivity contribution in [2.75, 3.05) is 0 Å². The molecule has 0 bridgehead atoms. The molecule has 0 N–H and O–H groups in total. The highest BCUT2D eigenvalue weighted by atomic mass is 16.5. The zero-order chi connectivity index (χ0) is 5.82. The molecule has 1 heteroatoms. The van der Waals surface area contributed by atoms with E-state index < -0.39 is 0 Å². The van der Waals surface area contributed by atoms with Gasteiger partial charge in [0.2, 0.25) is 0 Å². The lowest BCUT2D eigenvalue weighted by atomic mass is 10.3. The molecule has 0 aromatic heterocycles. The average Bonchev–Trinajstić information content (AvgIpc) is 2.19. The molecule has 0 aliphatic heterocycles. The number of hydrogen-bond acceptors (Lipinski definition) is 1. The van der Waals surface area contributed by atoms with Crippen molar-refractivity contribution in [2.24, 2.45) is 0 Å². The summed E-state index contributed by atoms with van der Waals surface area (Å²) in [5.74, 6) is 0. The summed E-state index contributed by atoms with van der Waals surface area (Å²) in [7, 11) is 0. The van der Waals surface area contributed by atoms with Gasteiger partial charge in [-0.05, 0) is 25.7 Å². The van der Waals surface area contributed by atoms with Crippen molar-refractivity contribution in [1.29, 1.82) is 0 Å². The molecule has 0 radical (unpaired) electrons. The average molecular weight is 110 g/mol. The van der Waals surface area contributed by atoms with Crippen LogP contribution in [0.25, 0.3) is 0 Å². The van der Waals surface area contributed by atoms with Crippen molar-refractivity contribution in [1.82, 2.24) is 0 Å². The van der Waals surface area contributed by atoms with E-state index in [4.69, 9.17) is 11.2 Å². The number of terminal acetylenes is 1. The third-order valence-corrected chi connectivity index (χ3v) is 1.54. The molecule has 0 atom stereocenters. The minimum absolute atomic E-state index is 0.375. The second-order valence-corrected chi connectivity index (χ2v) is 2.14. The van der Waals surface area contributed by atoms with Crippen molar-refractivity contribution in [3.8, 4) is 12.5 Å². The topological polar surface area (TPSA) is 9.23 Å². The van der Waals surface area contributed by atoms with Crippen molar-refractivity contribution in [3.05, 3.63) is 0 Å². The lowest BCUT2D eigenvalue weighted by Gasteiger charge is -2.02. The molecule has 1 fully saturated rings. The second kappa shape index (κ2) is 2.61. The molecule has 0 aromatic rings. The van der Waals surface area contributed by atoms with Crippen molar-refractivity contribution < 1.29 is 4.74 Å². The Balaban J connectivity index is 2.17. The number of rotatable bonds is 1. The Morgan fingerprint density at radius 1 is 1.38 bits per heavy atom. The highest BCUT2D eigenvalue weighted by Crippen LogP contribution is 2.19. The lowest BCUT2D eigenvalue weighted by molar-refractivity contribution is 0.174. The van der Waals surface area contributed by atoms with Gasteiger partial charge in [0.25, 0.3) is 0 Å². The smallest absolute Gasteiger partial charge is 0.110 e. The van der Waals surface area contributed by atoms with Crippen LogP contribution in [-0.2, 0) is 4.74 Å². The van der Waals surface area contributed by atoms with E-state index in [0.29, 0.717) is 6.10 Å². The standard InChI is InChI=1S/C7H10O/c1-2-8-7-5-3-4-6-7/h1,7H,3-6H2. The van der Waals surface area contributed by atoms with Crippen LogP contribution in [0.1, 0.15) is 25.7 Å². The molecule has 0 heterocycles. The minimum atomic E-state index is 0.375. The van der Waals surface area contributed by atoms with Crippen molar-refractivity contribution in [3.63, 3.8) is 0 Å². The van der Waals surface area contributed by atoms with Crippen LogP contribution in [0, 0.1) is 12.5 Å². The third-order valence-electron chi connectivity index (χ3n) is 1.54. The van der Waals surface area contributed by atoms with Crippen LogP contribution < -0.4 is 0 Å². The maximum Gasteiger partial charge on any atom is 0.110 e. The molecule has 44 valence electrons. The molecule has 0 aromatic carbocycles. The summed E-state index contributed by atoms with van der Waals surface area (Å²) in [6.45, 7) is 0. The van der Waals surface area contributed by atoms with Gasteiger partial charge in [0.1, 0.15) is 12.2 Å². The summed E-state index contributed by atoms with van der Waals surface area (Å²) in [6, 6.07) is 0. The number of hydrogen-bond donors (Lipinski definition) is 0. The number of ether oxygens (including phenoxy) is 1. The van der Waals surface area contributed by atoms with E-state index in [2.05, 4.69) is 6.11 Å². The van der Waals surface area contributed by atoms with Crippen LogP contribution in [0.4, 0.5) is 0 Å². The van der Waals surface area contributed by atoms with E-state index in [1.165, 1.54) is 12.8 Å². The van der Waals surface area contributed by atoms with Gasteiger partial charge in [0.15, 0.2) is 0 Å². The Labute approximate surface area is 50.0 Å². The van der Waals surface area contributed by atoms with Gasteiger partial charge < -0.3 is 4.74 Å². The molecule has 1 aliphatic carbocycles. The molecular formula is C7H10O. The van der Waals surface area contributed by atoms with Crippen LogP contribution in [0.2, 0.25) is 0 Å². The van der Waals surface area contributed by atoms with Gasteiger partial charge in [-0.1, -0.05) is 6.42 Å². The first-order valence-electron chi connectivity index (χ1n) is 3.04. The van der Waals surface area contributed by atoms with Crippen molar-refractivity contribution >= 4 is 0 Å². The summed E-state index contributed by atoms with van der Waals surface area (Å²) in [5.41, 5.74) is 0. The Bertz CT molecular complexity index is 95.4. The maximum atomic E-state index is 4.94. The third kappa shape index (κ3) is 1.16. The van der Waals surface area contributed by atoms with Gasteiger partial charge in [-0.2, -0.15) is 0 Å². The van der Waals surface area contributed by atoms with E-state index in [9.17, 15) is 0 Å². The molecule has 8 heavy (non-hydrogen) atoms. The predicted molar refractivity (Wildman–Crippen MR) is 32.2 cm³/mol. The molecule has 1 saturated carbocycles. The predicted octanol–water partition coefficient (Wildman–Crippen LogP) is 1.54. The zero-order valence-corrected chi connectivity index (χ0v) is 4.89. The first-order chi connectivity index (χ1) is 3.93. The molecule has 1 nitrogen and oxygen atoms in total. The monoisotopic (exact) mass is 110 g/mol. The Morgan fingerprint density at radius 2 is 2.00 bits per heavy atom. The zero-order valence-electron chi connectivity index (χ0n) is 4.89. The minimum Gasteiger partial charge on any atom is -0.443 e. The largest absolute Gasteiger partial charge is 0.443 e. The van der Waals surface area contributed by atoms with Gasteiger partial charge in [-0.15, -0.1) is 0 Å². The SMILES string of the molecule is C#COC1CCCC1. The molecule has 0 unspecified atom stereocenters. The summed E-state index contributed by atoms with van der Waals surface area (Å²) in [6.07, 6.45) is 12.4. The van der Waals surface area contributed by atoms with Gasteiger partial charge in [-0.3, -0.25) is 0 Å². The van der Waals surface area contributed by atoms with E-state index in [0.717, 1.165) is 12.8 Å². The maximum absolute atomic E-state index is 4.94. The van der Waals surface area contributed by atoms with Gasteiger partial charge in [-0.25, -0.2) is 0 Å². The Hall–Kier alpha value is -0.640. The van der Waals surface area contributed by atoms with E-state index in [-0.39, 0.29) is 0 Å². The normalized spacial score (nSPS) is 20.4. The summed E-state index contributed by atoms with van der Waals surface area (Å²) in [4.78, 5) is 0. The summed E-state index contributed by atoms with van der Waals surface area (Å²) in [5, 5.41) is 0. The Kier molecular flexibility index (Phi) is 1.80. The van der Waals surface area contributed by atoms with Crippen LogP contribution >= 0.6 is 0 Å². The first kappa shape index (κ1) is 5.50. The highest BCUT2D eigenvalue weighted by Gasteiger charge is 2.14. The van der Waals surface area contributed by atoms with E-state index >= 15 is 0 Å². The van der Waals surface area contributed by atoms with Crippen LogP contribution in [0.5, 0.6) is 0 Å². The van der Waals surface area contributed by atoms with Gasteiger partial charge in [0, 0.05) is 0 Å². The van der Waals surface area contributed by atoms with E-state index in [1.807, 2.05) is 0 Å². The fraction of sp³-hybridized carbons (Fsp3) is 0.714. The summed E-state index contributed by atoms with van der Waals surface area (Å²) < 4.78 is 4.93. The fourth-order valence-electron chi connectivity index (χ4n) is 1.10. The summed E-state index contributed by atoms with van der Waals surface area (Å²) >= 11 is 0. The van der Waals surface area contributed by atoms with Gasteiger partial charge >= 0.3 is 0 Å². The Morgan fingerprint density at radius 3 is 2.50 bits per heavy atom. The van der Waals surface area contributed by atoms with Crippen LogP contribution in [0.15, 0.2) is 0 Å². The molecule has 1 aliphatic rings. The highest BCUT2D eigenvalue weighted by molar-refractivity contribution is 4.76. The fourth-order valence-corrected chi connectivity index (χ4v) is 1.10. The second-order valence-electron chi connectivity index (χ2n) is 2.14. The van der Waals surface area contributed by atoms with Gasteiger partial charge in [0.05, 0.1) is 0 Å². The quantitative estimate of drug-likeness (QED) is 0.465. The van der Waals surface area contributed by atoms with E-state index in [1.54, 1.807) is 0 Å². The van der Waals surface area contributed by atoms with Crippen molar-refractivity contribution in [2.45, 2.75) is 31.8 Å². The molecule has 0 amide bonds. The molecular weight excluding hydrogens is 100 g/mol. The first-order valence-corrected chi connectivity index (χ1v) is 3.04.